The van der Waals surface area contributed by atoms with Gasteiger partial charge in [0.05, 0.1) is 17.3 Å². The smallest absolute Gasteiger partial charge is 0.230 e. The van der Waals surface area contributed by atoms with Crippen LogP contribution in [0.3, 0.4) is 0 Å². The summed E-state index contributed by atoms with van der Waals surface area (Å²) in [6, 6.07) is 6.37. The quantitative estimate of drug-likeness (QED) is 0.571. The molecule has 0 saturated carbocycles. The minimum Gasteiger partial charge on any atom is -0.351 e. The van der Waals surface area contributed by atoms with Gasteiger partial charge in [0.15, 0.2) is 5.65 Å². The van der Waals surface area contributed by atoms with Crippen molar-refractivity contribution in [1.82, 2.24) is 25.1 Å². The van der Waals surface area contributed by atoms with Gasteiger partial charge in [-0.1, -0.05) is 30.0 Å². The highest BCUT2D eigenvalue weighted by molar-refractivity contribution is 8.00. The second-order valence-electron chi connectivity index (χ2n) is 4.84. The number of carbonyl (C=O) groups excluding carboxylic acids is 1. The highest BCUT2D eigenvalue weighted by Crippen LogP contribution is 2.23. The Morgan fingerprint density at radius 1 is 1.35 bits per heavy atom. The second kappa shape index (κ2) is 6.74. The molecule has 0 atom stereocenters. The Balaban J connectivity index is 1.59. The van der Waals surface area contributed by atoms with E-state index in [4.69, 9.17) is 0 Å². The topological polar surface area (TPSA) is 72.7 Å². The minimum absolute atomic E-state index is 0.165. The number of halogens is 1. The van der Waals surface area contributed by atoms with Crippen LogP contribution >= 0.6 is 11.8 Å². The van der Waals surface area contributed by atoms with Gasteiger partial charge in [0.25, 0.3) is 0 Å². The van der Waals surface area contributed by atoms with Crippen molar-refractivity contribution < 1.29 is 9.18 Å². The van der Waals surface area contributed by atoms with Gasteiger partial charge in [0.1, 0.15) is 17.2 Å². The first-order valence-electron chi connectivity index (χ1n) is 6.91. The number of thioether (sulfide) groups is 1. The fourth-order valence-corrected chi connectivity index (χ4v) is 2.87. The molecular formula is C15H14FN5OS. The predicted octanol–water partition coefficient (Wildman–Crippen LogP) is 1.91. The molecule has 3 rings (SSSR count). The fraction of sp³-hybridized carbons (Fsp3) is 0.200. The SMILES string of the molecule is Cn1ncc2c(SCC(=O)NCc3ccccc3F)ncnc21. The van der Waals surface area contributed by atoms with Crippen molar-refractivity contribution in [1.29, 1.82) is 0 Å². The molecule has 8 heteroatoms. The lowest BCUT2D eigenvalue weighted by atomic mass is 10.2. The van der Waals surface area contributed by atoms with Crippen LogP contribution in [0.5, 0.6) is 0 Å². The zero-order chi connectivity index (χ0) is 16.2. The lowest BCUT2D eigenvalue weighted by Gasteiger charge is -2.06. The lowest BCUT2D eigenvalue weighted by molar-refractivity contribution is -0.118. The average molecular weight is 331 g/mol. The van der Waals surface area contributed by atoms with E-state index in [1.54, 1.807) is 36.1 Å². The van der Waals surface area contributed by atoms with E-state index in [2.05, 4.69) is 20.4 Å². The third-order valence-electron chi connectivity index (χ3n) is 3.27. The van der Waals surface area contributed by atoms with Gasteiger partial charge in [-0.25, -0.2) is 14.4 Å². The minimum atomic E-state index is -0.326. The normalized spacial score (nSPS) is 10.9. The molecule has 3 aromatic rings. The Labute approximate surface area is 136 Å². The van der Waals surface area contributed by atoms with E-state index in [9.17, 15) is 9.18 Å². The molecule has 23 heavy (non-hydrogen) atoms. The first-order chi connectivity index (χ1) is 11.1. The molecular weight excluding hydrogens is 317 g/mol. The maximum Gasteiger partial charge on any atom is 0.230 e. The maximum absolute atomic E-state index is 13.5. The molecule has 0 fully saturated rings. The molecule has 0 aliphatic rings. The van der Waals surface area contributed by atoms with Crippen LogP contribution < -0.4 is 5.32 Å². The Hall–Kier alpha value is -2.48. The molecule has 2 aromatic heterocycles. The van der Waals surface area contributed by atoms with E-state index >= 15 is 0 Å². The van der Waals surface area contributed by atoms with Gasteiger partial charge in [-0.15, -0.1) is 0 Å². The number of carbonyl (C=O) groups is 1. The zero-order valence-electron chi connectivity index (χ0n) is 12.4. The van der Waals surface area contributed by atoms with Gasteiger partial charge in [0.2, 0.25) is 5.91 Å². The molecule has 1 amide bonds. The maximum atomic E-state index is 13.5. The van der Waals surface area contributed by atoms with Gasteiger partial charge >= 0.3 is 0 Å². The molecule has 2 heterocycles. The van der Waals surface area contributed by atoms with E-state index in [0.717, 1.165) is 5.39 Å². The van der Waals surface area contributed by atoms with Crippen molar-refractivity contribution in [2.45, 2.75) is 11.6 Å². The van der Waals surface area contributed by atoms with Crippen molar-refractivity contribution in [3.63, 3.8) is 0 Å². The van der Waals surface area contributed by atoms with Gasteiger partial charge in [-0.3, -0.25) is 9.48 Å². The molecule has 1 aromatic carbocycles. The molecule has 0 aliphatic carbocycles. The Kier molecular flexibility index (Phi) is 4.52. The Bertz CT molecular complexity index is 851. The summed E-state index contributed by atoms with van der Waals surface area (Å²) in [5.41, 5.74) is 1.18. The molecule has 118 valence electrons. The van der Waals surface area contributed by atoms with Crippen LogP contribution in [0.15, 0.2) is 41.8 Å². The molecule has 6 nitrogen and oxygen atoms in total. The fourth-order valence-electron chi connectivity index (χ4n) is 2.08. The van der Waals surface area contributed by atoms with Crippen LogP contribution in [0.2, 0.25) is 0 Å². The summed E-state index contributed by atoms with van der Waals surface area (Å²) in [6.07, 6.45) is 3.12. The third kappa shape index (κ3) is 3.48. The van der Waals surface area contributed by atoms with Crippen LogP contribution in [0.1, 0.15) is 5.56 Å². The van der Waals surface area contributed by atoms with Crippen LogP contribution in [0.25, 0.3) is 11.0 Å². The number of amides is 1. The third-order valence-corrected chi connectivity index (χ3v) is 4.27. The summed E-state index contributed by atoms with van der Waals surface area (Å²) < 4.78 is 15.1. The van der Waals surface area contributed by atoms with E-state index < -0.39 is 0 Å². The number of nitrogens with one attached hydrogen (secondary N) is 1. The summed E-state index contributed by atoms with van der Waals surface area (Å²) in [5.74, 6) is -0.322. The number of rotatable bonds is 5. The van der Waals surface area contributed by atoms with Gasteiger partial charge in [-0.2, -0.15) is 5.10 Å². The van der Waals surface area contributed by atoms with Crippen molar-refractivity contribution in [3.05, 3.63) is 48.2 Å². The van der Waals surface area contributed by atoms with Crippen molar-refractivity contribution in [2.75, 3.05) is 5.75 Å². The van der Waals surface area contributed by atoms with E-state index in [1.165, 1.54) is 24.2 Å². The first kappa shape index (κ1) is 15.4. The van der Waals surface area contributed by atoms with Crippen molar-refractivity contribution in [2.24, 2.45) is 7.05 Å². The van der Waals surface area contributed by atoms with Crippen LogP contribution in [-0.2, 0) is 18.4 Å². The molecule has 0 radical (unpaired) electrons. The summed E-state index contributed by atoms with van der Waals surface area (Å²) in [5, 5.41) is 8.33. The molecule has 0 unspecified atom stereocenters. The molecule has 0 aliphatic heterocycles. The number of aryl methyl sites for hydroxylation is 1. The largest absolute Gasteiger partial charge is 0.351 e. The van der Waals surface area contributed by atoms with Crippen LogP contribution in [0.4, 0.5) is 4.39 Å². The summed E-state index contributed by atoms with van der Waals surface area (Å²) in [6.45, 7) is 0.165. The number of fused-ring (bicyclic) bond motifs is 1. The molecule has 0 saturated heterocycles. The molecule has 1 N–H and O–H groups in total. The van der Waals surface area contributed by atoms with Gasteiger partial charge in [-0.05, 0) is 6.07 Å². The second-order valence-corrected chi connectivity index (χ2v) is 5.81. The first-order valence-corrected chi connectivity index (χ1v) is 7.89. The number of hydrogen-bond acceptors (Lipinski definition) is 5. The summed E-state index contributed by atoms with van der Waals surface area (Å²) >= 11 is 1.30. The highest BCUT2D eigenvalue weighted by Gasteiger charge is 2.11. The number of aromatic nitrogens is 4. The van der Waals surface area contributed by atoms with E-state index in [-0.39, 0.29) is 24.0 Å². The Morgan fingerprint density at radius 3 is 3.00 bits per heavy atom. The number of nitrogens with zero attached hydrogens (tertiary/aromatic N) is 4. The average Bonchev–Trinajstić information content (AvgIpc) is 2.94. The zero-order valence-corrected chi connectivity index (χ0v) is 13.2. The van der Waals surface area contributed by atoms with Crippen LogP contribution in [-0.4, -0.2) is 31.4 Å². The molecule has 0 bridgehead atoms. The van der Waals surface area contributed by atoms with E-state index in [0.29, 0.717) is 16.2 Å². The van der Waals surface area contributed by atoms with E-state index in [1.807, 2.05) is 0 Å². The van der Waals surface area contributed by atoms with Crippen molar-refractivity contribution in [3.8, 4) is 0 Å². The summed E-state index contributed by atoms with van der Waals surface area (Å²) in [4.78, 5) is 20.3. The standard InChI is InChI=1S/C15H14FN5OS/c1-21-14-11(7-20-21)15(19-9-18-14)23-8-13(22)17-6-10-4-2-3-5-12(10)16/h2-5,7,9H,6,8H2,1H3,(H,17,22). The molecule has 0 spiro atoms. The highest BCUT2D eigenvalue weighted by atomic mass is 32.2. The predicted molar refractivity (Wildman–Crippen MR) is 85.3 cm³/mol. The van der Waals surface area contributed by atoms with Gasteiger partial charge in [0, 0.05) is 19.2 Å². The summed E-state index contributed by atoms with van der Waals surface area (Å²) in [7, 11) is 1.80. The van der Waals surface area contributed by atoms with Gasteiger partial charge < -0.3 is 5.32 Å². The lowest BCUT2D eigenvalue weighted by Crippen LogP contribution is -2.25. The Morgan fingerprint density at radius 2 is 2.17 bits per heavy atom. The number of hydrogen-bond donors (Lipinski definition) is 1. The van der Waals surface area contributed by atoms with Crippen LogP contribution in [0, 0.1) is 5.82 Å². The van der Waals surface area contributed by atoms with Crippen molar-refractivity contribution >= 4 is 28.7 Å². The number of benzene rings is 1. The monoisotopic (exact) mass is 331 g/mol.